The molecule has 3 rings (SSSR count). The molecular formula is C20H25NOS. The number of likely N-dealkylation sites (tertiary alicyclic amines) is 1. The van der Waals surface area contributed by atoms with Crippen molar-refractivity contribution in [2.75, 3.05) is 25.4 Å². The van der Waals surface area contributed by atoms with E-state index >= 15 is 0 Å². The van der Waals surface area contributed by atoms with E-state index in [0.717, 1.165) is 30.3 Å². The van der Waals surface area contributed by atoms with Gasteiger partial charge in [0.1, 0.15) is 0 Å². The van der Waals surface area contributed by atoms with Crippen LogP contribution >= 0.6 is 0 Å². The predicted molar refractivity (Wildman–Crippen MR) is 97.2 cm³/mol. The average Bonchev–Trinajstić information content (AvgIpc) is 2.87. The number of nitrogens with zero attached hydrogens (tertiary/aromatic N) is 1. The van der Waals surface area contributed by atoms with Crippen LogP contribution in [0.5, 0.6) is 0 Å². The van der Waals surface area contributed by atoms with Crippen molar-refractivity contribution in [1.29, 1.82) is 0 Å². The first-order chi connectivity index (χ1) is 11.3. The first kappa shape index (κ1) is 16.4. The summed E-state index contributed by atoms with van der Waals surface area (Å²) in [6, 6.07) is 20.7. The molecule has 2 nitrogen and oxygen atoms in total. The summed E-state index contributed by atoms with van der Waals surface area (Å²) in [6.45, 7) is 3.18. The lowest BCUT2D eigenvalue weighted by molar-refractivity contribution is 0.301. The molecule has 23 heavy (non-hydrogen) atoms. The summed E-state index contributed by atoms with van der Waals surface area (Å²) in [5, 5.41) is 0. The molecule has 0 aromatic heterocycles. The normalized spacial score (nSPS) is 20.8. The molecule has 1 aliphatic heterocycles. The summed E-state index contributed by atoms with van der Waals surface area (Å²) < 4.78 is 12.3. The maximum absolute atomic E-state index is 12.3. The van der Waals surface area contributed by atoms with Gasteiger partial charge in [0.15, 0.2) is 0 Å². The van der Waals surface area contributed by atoms with E-state index in [1.807, 2.05) is 30.3 Å². The van der Waals surface area contributed by atoms with Gasteiger partial charge in [-0.05, 0) is 56.0 Å². The second-order valence-corrected chi connectivity index (χ2v) is 7.81. The van der Waals surface area contributed by atoms with Crippen LogP contribution in [0.2, 0.25) is 0 Å². The Labute approximate surface area is 142 Å². The molecule has 2 aromatic carbocycles. The van der Waals surface area contributed by atoms with E-state index in [1.165, 1.54) is 24.8 Å². The highest BCUT2D eigenvalue weighted by Crippen LogP contribution is 2.27. The van der Waals surface area contributed by atoms with E-state index in [-0.39, 0.29) is 0 Å². The van der Waals surface area contributed by atoms with Gasteiger partial charge in [0, 0.05) is 17.2 Å². The highest BCUT2D eigenvalue weighted by atomic mass is 32.2. The topological polar surface area (TPSA) is 20.3 Å². The van der Waals surface area contributed by atoms with E-state index in [0.29, 0.717) is 5.92 Å². The monoisotopic (exact) mass is 327 g/mol. The van der Waals surface area contributed by atoms with Crippen LogP contribution in [-0.4, -0.2) is 34.5 Å². The number of hydrogen-bond donors (Lipinski definition) is 0. The van der Waals surface area contributed by atoms with Crippen LogP contribution in [0.15, 0.2) is 65.6 Å². The molecule has 1 aliphatic rings. The minimum Gasteiger partial charge on any atom is -0.302 e. The Kier molecular flexibility index (Phi) is 6.00. The van der Waals surface area contributed by atoms with E-state index in [2.05, 4.69) is 35.2 Å². The van der Waals surface area contributed by atoms with Gasteiger partial charge in [-0.1, -0.05) is 48.5 Å². The van der Waals surface area contributed by atoms with Gasteiger partial charge in [-0.25, -0.2) is 0 Å². The van der Waals surface area contributed by atoms with Crippen LogP contribution in [-0.2, 0) is 10.8 Å². The van der Waals surface area contributed by atoms with Gasteiger partial charge >= 0.3 is 0 Å². The van der Waals surface area contributed by atoms with Crippen molar-refractivity contribution >= 4 is 10.8 Å². The van der Waals surface area contributed by atoms with Gasteiger partial charge < -0.3 is 4.90 Å². The fourth-order valence-electron chi connectivity index (χ4n) is 3.34. The van der Waals surface area contributed by atoms with E-state index < -0.39 is 10.8 Å². The Balaban J connectivity index is 1.50. The van der Waals surface area contributed by atoms with Crippen LogP contribution in [0.3, 0.4) is 0 Å². The van der Waals surface area contributed by atoms with E-state index in [1.54, 1.807) is 0 Å². The molecule has 0 radical (unpaired) electrons. The van der Waals surface area contributed by atoms with Crippen molar-refractivity contribution in [3.05, 3.63) is 66.2 Å². The van der Waals surface area contributed by atoms with Gasteiger partial charge in [-0.2, -0.15) is 0 Å². The lowest BCUT2D eigenvalue weighted by Crippen LogP contribution is -2.29. The number of hydrogen-bond acceptors (Lipinski definition) is 2. The van der Waals surface area contributed by atoms with Crippen molar-refractivity contribution in [1.82, 2.24) is 4.90 Å². The van der Waals surface area contributed by atoms with Gasteiger partial charge in [0.05, 0.1) is 10.8 Å². The third kappa shape index (κ3) is 4.76. The lowest BCUT2D eigenvalue weighted by atomic mass is 9.92. The third-order valence-electron chi connectivity index (χ3n) is 4.69. The standard InChI is InChI=1S/C20H25NOS/c22-23(20-11-5-2-6-12-20)17-16-21-14-7-10-19(13-15-21)18-8-3-1-4-9-18/h1-6,8-9,11-12,19H,7,10,13-17H2. The SMILES string of the molecule is O=S(CCN1CCCC(c2ccccc2)CC1)c1ccccc1. The zero-order valence-corrected chi connectivity index (χ0v) is 14.4. The van der Waals surface area contributed by atoms with Gasteiger partial charge in [-0.3, -0.25) is 4.21 Å². The van der Waals surface area contributed by atoms with Crippen molar-refractivity contribution in [2.45, 2.75) is 30.1 Å². The van der Waals surface area contributed by atoms with Crippen molar-refractivity contribution in [3.63, 3.8) is 0 Å². The summed E-state index contributed by atoms with van der Waals surface area (Å²) in [5.41, 5.74) is 1.47. The molecule has 0 amide bonds. The molecule has 0 saturated carbocycles. The Morgan fingerprint density at radius 2 is 1.61 bits per heavy atom. The van der Waals surface area contributed by atoms with Crippen molar-refractivity contribution in [2.24, 2.45) is 0 Å². The molecule has 1 heterocycles. The molecule has 0 bridgehead atoms. The molecule has 122 valence electrons. The molecule has 2 unspecified atom stereocenters. The maximum Gasteiger partial charge on any atom is 0.0542 e. The summed E-state index contributed by atoms with van der Waals surface area (Å²) in [6.07, 6.45) is 3.71. The summed E-state index contributed by atoms with van der Waals surface area (Å²) in [4.78, 5) is 3.44. The molecule has 3 heteroatoms. The second kappa shape index (κ2) is 8.42. The fourth-order valence-corrected chi connectivity index (χ4v) is 4.46. The Bertz CT molecular complexity index is 614. The molecule has 0 N–H and O–H groups in total. The zero-order valence-electron chi connectivity index (χ0n) is 13.6. The highest BCUT2D eigenvalue weighted by molar-refractivity contribution is 7.85. The third-order valence-corrected chi connectivity index (χ3v) is 6.04. The average molecular weight is 327 g/mol. The summed E-state index contributed by atoms with van der Waals surface area (Å²) in [7, 11) is -0.877. The smallest absolute Gasteiger partial charge is 0.0542 e. The molecule has 0 spiro atoms. The van der Waals surface area contributed by atoms with Crippen LogP contribution < -0.4 is 0 Å². The number of benzene rings is 2. The quantitative estimate of drug-likeness (QED) is 0.825. The van der Waals surface area contributed by atoms with Crippen molar-refractivity contribution < 1.29 is 4.21 Å². The first-order valence-corrected chi connectivity index (χ1v) is 9.85. The maximum atomic E-state index is 12.3. The highest BCUT2D eigenvalue weighted by Gasteiger charge is 2.18. The summed E-state index contributed by atoms with van der Waals surface area (Å²) in [5.74, 6) is 1.42. The lowest BCUT2D eigenvalue weighted by Gasteiger charge is -2.20. The van der Waals surface area contributed by atoms with Gasteiger partial charge in [-0.15, -0.1) is 0 Å². The van der Waals surface area contributed by atoms with Crippen LogP contribution in [0, 0.1) is 0 Å². The predicted octanol–water partition coefficient (Wildman–Crippen LogP) is 4.06. The van der Waals surface area contributed by atoms with Gasteiger partial charge in [0.2, 0.25) is 0 Å². The second-order valence-electron chi connectivity index (χ2n) is 6.24. The van der Waals surface area contributed by atoms with Crippen molar-refractivity contribution in [3.8, 4) is 0 Å². The minimum absolute atomic E-state index is 0.681. The van der Waals surface area contributed by atoms with E-state index in [9.17, 15) is 4.21 Å². The van der Waals surface area contributed by atoms with Crippen LogP contribution in [0.4, 0.5) is 0 Å². The Morgan fingerprint density at radius 3 is 2.35 bits per heavy atom. The number of rotatable bonds is 5. The molecule has 1 fully saturated rings. The molecule has 2 aromatic rings. The molecule has 0 aliphatic carbocycles. The summed E-state index contributed by atoms with van der Waals surface area (Å²) >= 11 is 0. The van der Waals surface area contributed by atoms with Crippen LogP contribution in [0.1, 0.15) is 30.7 Å². The first-order valence-electron chi connectivity index (χ1n) is 8.53. The molecular weight excluding hydrogens is 302 g/mol. The van der Waals surface area contributed by atoms with E-state index in [4.69, 9.17) is 0 Å². The zero-order chi connectivity index (χ0) is 15.9. The van der Waals surface area contributed by atoms with Crippen LogP contribution in [0.25, 0.3) is 0 Å². The van der Waals surface area contributed by atoms with Gasteiger partial charge in [0.25, 0.3) is 0 Å². The fraction of sp³-hybridized carbons (Fsp3) is 0.400. The molecule has 1 saturated heterocycles. The Morgan fingerprint density at radius 1 is 0.913 bits per heavy atom. The molecule has 2 atom stereocenters. The largest absolute Gasteiger partial charge is 0.302 e. The minimum atomic E-state index is -0.877. The Hall–Kier alpha value is -1.45.